The average Bonchev–Trinajstić information content (AvgIpc) is 3.19. The van der Waals surface area contributed by atoms with E-state index in [1.807, 2.05) is 12.1 Å². The summed E-state index contributed by atoms with van der Waals surface area (Å²) in [4.78, 5) is 24.3. The van der Waals surface area contributed by atoms with Gasteiger partial charge in [-0.3, -0.25) is 9.10 Å². The fourth-order valence-corrected chi connectivity index (χ4v) is 5.92. The lowest BCUT2D eigenvalue weighted by molar-refractivity contribution is 0.0698. The minimum atomic E-state index is -3.92. The Morgan fingerprint density at radius 1 is 1.06 bits per heavy atom. The topological polar surface area (TPSA) is 104 Å². The predicted octanol–water partition coefficient (Wildman–Crippen LogP) is 4.80. The molecule has 4 rings (SSSR count). The number of hydrogen-bond acceptors (Lipinski definition) is 4. The zero-order valence-corrected chi connectivity index (χ0v) is 19.5. The van der Waals surface area contributed by atoms with E-state index in [0.717, 1.165) is 5.56 Å². The van der Waals surface area contributed by atoms with Crippen molar-refractivity contribution >= 4 is 60.8 Å². The van der Waals surface area contributed by atoms with E-state index in [4.69, 9.17) is 11.6 Å². The number of nitrogens with one attached hydrogen (secondary N) is 1. The second-order valence-electron chi connectivity index (χ2n) is 7.08. The van der Waals surface area contributed by atoms with Gasteiger partial charge in [-0.1, -0.05) is 45.7 Å². The molecule has 3 aromatic carbocycles. The number of benzene rings is 3. The van der Waals surface area contributed by atoms with Gasteiger partial charge in [-0.25, -0.2) is 13.2 Å². The first-order chi connectivity index (χ1) is 15.2. The molecule has 0 aromatic heterocycles. The minimum absolute atomic E-state index is 0.0461. The molecular weight excluding hydrogens is 520 g/mol. The van der Waals surface area contributed by atoms with Crippen LogP contribution in [0.5, 0.6) is 0 Å². The smallest absolute Gasteiger partial charge is 0.337 e. The molecule has 0 radical (unpaired) electrons. The monoisotopic (exact) mass is 534 g/mol. The summed E-state index contributed by atoms with van der Waals surface area (Å²) in [7, 11) is -3.92. The Labute approximate surface area is 197 Å². The average molecular weight is 536 g/mol. The van der Waals surface area contributed by atoms with Gasteiger partial charge in [0.25, 0.3) is 15.9 Å². The maximum atomic E-state index is 13.3. The largest absolute Gasteiger partial charge is 0.478 e. The lowest BCUT2D eigenvalue weighted by atomic mass is 10.1. The quantitative estimate of drug-likeness (QED) is 0.488. The van der Waals surface area contributed by atoms with E-state index in [1.54, 1.807) is 12.1 Å². The third-order valence-electron chi connectivity index (χ3n) is 5.03. The first-order valence-corrected chi connectivity index (χ1v) is 12.0. The highest BCUT2D eigenvalue weighted by Gasteiger charge is 2.31. The van der Waals surface area contributed by atoms with Gasteiger partial charge >= 0.3 is 5.97 Å². The number of halogens is 2. The Hall–Kier alpha value is -2.88. The van der Waals surface area contributed by atoms with Gasteiger partial charge in [-0.05, 0) is 54.4 Å². The highest BCUT2D eigenvalue weighted by molar-refractivity contribution is 9.10. The molecule has 1 aliphatic rings. The maximum Gasteiger partial charge on any atom is 0.337 e. The number of aromatic carboxylic acids is 1. The molecule has 0 bridgehead atoms. The summed E-state index contributed by atoms with van der Waals surface area (Å²) < 4.78 is 28.4. The lowest BCUT2D eigenvalue weighted by Gasteiger charge is -2.20. The first kappa shape index (κ1) is 22.3. The van der Waals surface area contributed by atoms with Crippen molar-refractivity contribution in [3.05, 3.63) is 86.8 Å². The van der Waals surface area contributed by atoms with Crippen LogP contribution in [0.2, 0.25) is 5.02 Å². The van der Waals surface area contributed by atoms with Crippen molar-refractivity contribution < 1.29 is 23.1 Å². The van der Waals surface area contributed by atoms with Gasteiger partial charge in [0.2, 0.25) is 0 Å². The maximum absolute atomic E-state index is 13.3. The number of carboxylic acids is 1. The van der Waals surface area contributed by atoms with Crippen molar-refractivity contribution in [2.75, 3.05) is 16.2 Å². The van der Waals surface area contributed by atoms with Crippen molar-refractivity contribution in [3.8, 4) is 0 Å². The van der Waals surface area contributed by atoms with Gasteiger partial charge in [0.1, 0.15) is 0 Å². The molecule has 1 heterocycles. The van der Waals surface area contributed by atoms with Crippen LogP contribution in [0.4, 0.5) is 11.4 Å². The van der Waals surface area contributed by atoms with Crippen LogP contribution >= 0.6 is 27.5 Å². The van der Waals surface area contributed by atoms with Crippen molar-refractivity contribution in [3.63, 3.8) is 0 Å². The molecule has 0 unspecified atom stereocenters. The highest BCUT2D eigenvalue weighted by atomic mass is 79.9. The van der Waals surface area contributed by atoms with Gasteiger partial charge < -0.3 is 10.4 Å². The number of amides is 1. The number of rotatable bonds is 5. The molecule has 0 saturated heterocycles. The summed E-state index contributed by atoms with van der Waals surface area (Å²) in [6.07, 6.45) is 0.602. The van der Waals surface area contributed by atoms with Crippen molar-refractivity contribution in [2.24, 2.45) is 0 Å². The first-order valence-electron chi connectivity index (χ1n) is 9.42. The number of hydrogen-bond donors (Lipinski definition) is 2. The molecule has 10 heteroatoms. The van der Waals surface area contributed by atoms with Crippen LogP contribution in [0.3, 0.4) is 0 Å². The summed E-state index contributed by atoms with van der Waals surface area (Å²) in [5.74, 6) is -1.91. The minimum Gasteiger partial charge on any atom is -0.478 e. The highest BCUT2D eigenvalue weighted by Crippen LogP contribution is 2.34. The molecule has 1 aliphatic heterocycles. The predicted molar refractivity (Wildman–Crippen MR) is 125 cm³/mol. The molecule has 1 amide bonds. The summed E-state index contributed by atoms with van der Waals surface area (Å²) in [5.41, 5.74) is 1.47. The van der Waals surface area contributed by atoms with Gasteiger partial charge in [-0.15, -0.1) is 0 Å². The number of anilines is 2. The molecule has 164 valence electrons. The molecule has 0 atom stereocenters. The second kappa shape index (κ2) is 8.57. The third kappa shape index (κ3) is 4.23. The van der Waals surface area contributed by atoms with Crippen LogP contribution in [-0.4, -0.2) is 31.9 Å². The molecule has 0 saturated carbocycles. The molecular formula is C22H16BrClN2O5S. The van der Waals surface area contributed by atoms with E-state index in [0.29, 0.717) is 23.1 Å². The van der Waals surface area contributed by atoms with Crippen LogP contribution in [-0.2, 0) is 16.4 Å². The Bertz CT molecular complexity index is 1360. The van der Waals surface area contributed by atoms with Gasteiger partial charge in [0.05, 0.1) is 21.8 Å². The summed E-state index contributed by atoms with van der Waals surface area (Å²) in [5, 5.41) is 12.1. The Kier molecular flexibility index (Phi) is 5.98. The van der Waals surface area contributed by atoms with Crippen LogP contribution in [0.25, 0.3) is 0 Å². The molecule has 0 fully saturated rings. The lowest BCUT2D eigenvalue weighted by Crippen LogP contribution is -2.29. The Morgan fingerprint density at radius 2 is 1.81 bits per heavy atom. The standard InChI is InChI=1S/C22H16BrClN2O5S/c23-15-9-14(21(27)25-19-6-5-16(24)12-18(19)22(28)29)10-17(11-15)32(30,31)26-8-7-13-3-1-2-4-20(13)26/h1-6,9-12H,7-8H2,(H,25,27)(H,28,29). The van der Waals surface area contributed by atoms with Crippen LogP contribution in [0.15, 0.2) is 70.0 Å². The number of carbonyl (C=O) groups excluding carboxylic acids is 1. The normalized spacial score (nSPS) is 13.0. The van der Waals surface area contributed by atoms with E-state index in [2.05, 4.69) is 21.2 Å². The molecule has 0 aliphatic carbocycles. The fraction of sp³-hybridized carbons (Fsp3) is 0.0909. The molecule has 0 spiro atoms. The number of fused-ring (bicyclic) bond motifs is 1. The summed E-state index contributed by atoms with van der Waals surface area (Å²) in [6, 6.07) is 15.5. The Balaban J connectivity index is 1.68. The molecule has 32 heavy (non-hydrogen) atoms. The molecule has 7 nitrogen and oxygen atoms in total. The van der Waals surface area contributed by atoms with Crippen molar-refractivity contribution in [1.29, 1.82) is 0 Å². The van der Waals surface area contributed by atoms with Gasteiger partial charge in [0.15, 0.2) is 0 Å². The number of carbonyl (C=O) groups is 2. The van der Waals surface area contributed by atoms with Crippen LogP contribution in [0.1, 0.15) is 26.3 Å². The van der Waals surface area contributed by atoms with E-state index in [-0.39, 0.29) is 26.7 Å². The summed E-state index contributed by atoms with van der Waals surface area (Å²) in [6.45, 7) is 0.308. The fourth-order valence-electron chi connectivity index (χ4n) is 3.52. The Morgan fingerprint density at radius 3 is 2.56 bits per heavy atom. The molecule has 3 aromatic rings. The van der Waals surface area contributed by atoms with E-state index >= 15 is 0 Å². The third-order valence-corrected chi connectivity index (χ3v) is 7.51. The number of nitrogens with zero attached hydrogens (tertiary/aromatic N) is 1. The number of carboxylic acid groups (broad SMARTS) is 1. The van der Waals surface area contributed by atoms with Gasteiger partial charge in [0, 0.05) is 21.6 Å². The summed E-state index contributed by atoms with van der Waals surface area (Å²) >= 11 is 9.12. The number of sulfonamides is 1. The van der Waals surface area contributed by atoms with E-state index < -0.39 is 21.9 Å². The van der Waals surface area contributed by atoms with Crippen LogP contribution in [0, 0.1) is 0 Å². The van der Waals surface area contributed by atoms with E-state index in [9.17, 15) is 23.1 Å². The van der Waals surface area contributed by atoms with Crippen LogP contribution < -0.4 is 9.62 Å². The zero-order chi connectivity index (χ0) is 23.0. The molecule has 2 N–H and O–H groups in total. The van der Waals surface area contributed by atoms with Gasteiger partial charge in [-0.2, -0.15) is 0 Å². The van der Waals surface area contributed by atoms with E-state index in [1.165, 1.54) is 40.7 Å². The SMILES string of the molecule is O=C(Nc1ccc(Cl)cc1C(=O)O)c1cc(Br)cc(S(=O)(=O)N2CCc3ccccc32)c1. The second-order valence-corrected chi connectivity index (χ2v) is 10.3. The van der Waals surface area contributed by atoms with Crippen molar-refractivity contribution in [1.82, 2.24) is 0 Å². The van der Waals surface area contributed by atoms with Crippen molar-refractivity contribution in [2.45, 2.75) is 11.3 Å². The zero-order valence-electron chi connectivity index (χ0n) is 16.4. The number of para-hydroxylation sites is 1.